The van der Waals surface area contributed by atoms with Gasteiger partial charge in [0.15, 0.2) is 0 Å². The first-order valence-electron chi connectivity index (χ1n) is 8.85. The number of aliphatic hydroxyl groups excluding tert-OH is 1. The lowest BCUT2D eigenvalue weighted by Crippen LogP contribution is -2.40. The number of aliphatic hydroxyl groups is 1. The van der Waals surface area contributed by atoms with Crippen LogP contribution in [0.2, 0.25) is 0 Å². The zero-order valence-electron chi connectivity index (χ0n) is 15.5. The Labute approximate surface area is 164 Å². The van der Waals surface area contributed by atoms with Gasteiger partial charge in [0.25, 0.3) is 0 Å². The highest BCUT2D eigenvalue weighted by Gasteiger charge is 2.14. The molecule has 0 fully saturated rings. The molecule has 28 heavy (non-hydrogen) atoms. The fourth-order valence-electron chi connectivity index (χ4n) is 3.14. The van der Waals surface area contributed by atoms with Crippen LogP contribution < -0.4 is 10.0 Å². The van der Waals surface area contributed by atoms with Gasteiger partial charge >= 0.3 is 0 Å². The van der Waals surface area contributed by atoms with Crippen LogP contribution in [0.15, 0.2) is 60.8 Å². The van der Waals surface area contributed by atoms with Gasteiger partial charge in [0.1, 0.15) is 6.54 Å². The number of nitrogens with one attached hydrogen (secondary N) is 2. The van der Waals surface area contributed by atoms with Gasteiger partial charge in [0.2, 0.25) is 15.9 Å². The lowest BCUT2D eigenvalue weighted by atomic mass is 10.1. The van der Waals surface area contributed by atoms with Crippen LogP contribution in [-0.4, -0.2) is 42.9 Å². The van der Waals surface area contributed by atoms with Gasteiger partial charge in [-0.1, -0.05) is 36.4 Å². The molecular weight excluding hydrogens is 378 g/mol. The molecule has 0 bridgehead atoms. The molecule has 0 aliphatic carbocycles. The Balaban J connectivity index is 1.71. The van der Waals surface area contributed by atoms with Crippen molar-refractivity contribution in [3.63, 3.8) is 0 Å². The van der Waals surface area contributed by atoms with Crippen LogP contribution in [0.3, 0.4) is 0 Å². The van der Waals surface area contributed by atoms with E-state index in [0.29, 0.717) is 17.5 Å². The summed E-state index contributed by atoms with van der Waals surface area (Å²) in [6.07, 6.45) is 3.37. The molecule has 148 valence electrons. The minimum atomic E-state index is -3.40. The smallest absolute Gasteiger partial charge is 0.240 e. The second-order valence-corrected chi connectivity index (χ2v) is 8.44. The number of benzene rings is 2. The molecule has 3 aromatic rings. The third kappa shape index (κ3) is 5.11. The molecule has 8 heteroatoms. The summed E-state index contributed by atoms with van der Waals surface area (Å²) in [5, 5.41) is 13.2. The van der Waals surface area contributed by atoms with Crippen molar-refractivity contribution >= 4 is 32.5 Å². The van der Waals surface area contributed by atoms with Crippen molar-refractivity contribution in [3.8, 4) is 0 Å². The molecule has 0 aliphatic rings. The largest absolute Gasteiger partial charge is 0.394 e. The van der Waals surface area contributed by atoms with Crippen LogP contribution in [0, 0.1) is 0 Å². The Hall–Kier alpha value is -2.84. The van der Waals surface area contributed by atoms with Crippen molar-refractivity contribution in [2.24, 2.45) is 0 Å². The Morgan fingerprint density at radius 2 is 1.86 bits per heavy atom. The van der Waals surface area contributed by atoms with E-state index in [2.05, 4.69) is 10.0 Å². The number of hydrogen-bond donors (Lipinski definition) is 3. The highest BCUT2D eigenvalue weighted by atomic mass is 32.2. The first kappa shape index (κ1) is 19.9. The van der Waals surface area contributed by atoms with E-state index in [1.54, 1.807) is 29.0 Å². The fraction of sp³-hybridized carbons (Fsp3) is 0.250. The number of aromatic nitrogens is 1. The lowest BCUT2D eigenvalue weighted by Gasteiger charge is -2.17. The number of hydrogen-bond acceptors (Lipinski definition) is 4. The molecule has 1 atom stereocenters. The minimum absolute atomic E-state index is 0.0666. The quantitative estimate of drug-likeness (QED) is 0.535. The molecule has 0 radical (unpaired) electrons. The first-order chi connectivity index (χ1) is 13.4. The molecule has 2 aromatic carbocycles. The number of rotatable bonds is 8. The normalized spacial score (nSPS) is 12.6. The molecule has 3 N–H and O–H groups in total. The monoisotopic (exact) mass is 401 g/mol. The van der Waals surface area contributed by atoms with E-state index in [9.17, 15) is 18.3 Å². The van der Waals surface area contributed by atoms with Crippen LogP contribution in [0.1, 0.15) is 5.56 Å². The number of amides is 1. The third-order valence-electron chi connectivity index (χ3n) is 4.33. The fourth-order valence-corrected chi connectivity index (χ4v) is 3.72. The van der Waals surface area contributed by atoms with E-state index >= 15 is 0 Å². The van der Waals surface area contributed by atoms with Gasteiger partial charge in [0.05, 0.1) is 30.1 Å². The Morgan fingerprint density at radius 1 is 1.11 bits per heavy atom. The van der Waals surface area contributed by atoms with Crippen molar-refractivity contribution in [2.45, 2.75) is 19.0 Å². The SMILES string of the molecule is CS(=O)(=O)Nc1cccc2c1ccn2CC(=O)N[C@@H](CO)Cc1ccccc1. The summed E-state index contributed by atoms with van der Waals surface area (Å²) < 4.78 is 27.3. The molecule has 7 nitrogen and oxygen atoms in total. The summed E-state index contributed by atoms with van der Waals surface area (Å²) in [5.74, 6) is -0.228. The first-order valence-corrected chi connectivity index (χ1v) is 10.7. The van der Waals surface area contributed by atoms with Gasteiger partial charge in [-0.05, 0) is 30.2 Å². The van der Waals surface area contributed by atoms with Gasteiger partial charge in [-0.3, -0.25) is 9.52 Å². The van der Waals surface area contributed by atoms with E-state index in [-0.39, 0.29) is 25.1 Å². The summed E-state index contributed by atoms with van der Waals surface area (Å²) >= 11 is 0. The Morgan fingerprint density at radius 3 is 2.54 bits per heavy atom. The summed E-state index contributed by atoms with van der Waals surface area (Å²) in [6.45, 7) is -0.0907. The summed E-state index contributed by atoms with van der Waals surface area (Å²) in [4.78, 5) is 12.5. The molecule has 0 aliphatic heterocycles. The molecular formula is C20H23N3O4S. The molecule has 0 saturated carbocycles. The van der Waals surface area contributed by atoms with Crippen molar-refractivity contribution in [2.75, 3.05) is 17.6 Å². The maximum absolute atomic E-state index is 12.5. The van der Waals surface area contributed by atoms with E-state index < -0.39 is 10.0 Å². The number of carbonyl (C=O) groups is 1. The van der Waals surface area contributed by atoms with Crippen LogP contribution in [0.5, 0.6) is 0 Å². The van der Waals surface area contributed by atoms with E-state index in [0.717, 1.165) is 17.3 Å². The van der Waals surface area contributed by atoms with Gasteiger partial charge in [-0.2, -0.15) is 0 Å². The second-order valence-electron chi connectivity index (χ2n) is 6.69. The zero-order chi connectivity index (χ0) is 20.1. The van der Waals surface area contributed by atoms with Gasteiger partial charge < -0.3 is 15.0 Å². The van der Waals surface area contributed by atoms with E-state index in [4.69, 9.17) is 0 Å². The molecule has 1 heterocycles. The standard InChI is InChI=1S/C20H23N3O4S/c1-28(26,27)22-18-8-5-9-19-17(18)10-11-23(19)13-20(25)21-16(14-24)12-15-6-3-2-4-7-15/h2-11,16,22,24H,12-14H2,1H3,(H,21,25)/t16-/m1/s1. The van der Waals surface area contributed by atoms with Crippen LogP contribution >= 0.6 is 0 Å². The average Bonchev–Trinajstić information content (AvgIpc) is 3.05. The Bertz CT molecular complexity index is 1060. The summed E-state index contributed by atoms with van der Waals surface area (Å²) in [5.41, 5.74) is 2.24. The minimum Gasteiger partial charge on any atom is -0.394 e. The molecule has 0 saturated heterocycles. The third-order valence-corrected chi connectivity index (χ3v) is 4.92. The average molecular weight is 401 g/mol. The van der Waals surface area contributed by atoms with Gasteiger partial charge in [0, 0.05) is 11.6 Å². The molecule has 1 amide bonds. The summed E-state index contributed by atoms with van der Waals surface area (Å²) in [7, 11) is -3.40. The topological polar surface area (TPSA) is 100 Å². The summed E-state index contributed by atoms with van der Waals surface area (Å²) in [6, 6.07) is 16.3. The highest BCUT2D eigenvalue weighted by Crippen LogP contribution is 2.25. The number of anilines is 1. The lowest BCUT2D eigenvalue weighted by molar-refractivity contribution is -0.122. The van der Waals surface area contributed by atoms with Gasteiger partial charge in [-0.15, -0.1) is 0 Å². The molecule has 0 spiro atoms. The van der Waals surface area contributed by atoms with E-state index in [1.807, 2.05) is 36.4 Å². The predicted octanol–water partition coefficient (Wildman–Crippen LogP) is 1.73. The van der Waals surface area contributed by atoms with Crippen LogP contribution in [0.25, 0.3) is 10.9 Å². The number of fused-ring (bicyclic) bond motifs is 1. The van der Waals surface area contributed by atoms with Crippen molar-refractivity contribution in [3.05, 3.63) is 66.4 Å². The molecule has 0 unspecified atom stereocenters. The second kappa shape index (κ2) is 8.45. The molecule has 3 rings (SSSR count). The van der Waals surface area contributed by atoms with Crippen molar-refractivity contribution in [1.29, 1.82) is 0 Å². The maximum Gasteiger partial charge on any atom is 0.240 e. The molecule has 1 aromatic heterocycles. The number of sulfonamides is 1. The van der Waals surface area contributed by atoms with E-state index in [1.165, 1.54) is 0 Å². The van der Waals surface area contributed by atoms with Gasteiger partial charge in [-0.25, -0.2) is 8.42 Å². The highest BCUT2D eigenvalue weighted by molar-refractivity contribution is 7.92. The number of nitrogens with zero attached hydrogens (tertiary/aromatic N) is 1. The predicted molar refractivity (Wildman–Crippen MR) is 110 cm³/mol. The van der Waals surface area contributed by atoms with Crippen LogP contribution in [0.4, 0.5) is 5.69 Å². The zero-order valence-corrected chi connectivity index (χ0v) is 16.3. The van der Waals surface area contributed by atoms with Crippen molar-refractivity contribution < 1.29 is 18.3 Å². The number of carbonyl (C=O) groups excluding carboxylic acids is 1. The van der Waals surface area contributed by atoms with Crippen LogP contribution in [-0.2, 0) is 27.8 Å². The van der Waals surface area contributed by atoms with Crippen molar-refractivity contribution in [1.82, 2.24) is 9.88 Å². The Kier molecular flexibility index (Phi) is 6.01. The maximum atomic E-state index is 12.5.